The van der Waals surface area contributed by atoms with Crippen LogP contribution >= 0.6 is 0 Å². The van der Waals surface area contributed by atoms with Crippen LogP contribution in [0.25, 0.3) is 0 Å². The first-order valence-electron chi connectivity index (χ1n) is 8.14. The number of aliphatic carboxylic acids is 1. The topological polar surface area (TPSA) is 37.3 Å². The molecule has 2 heteroatoms. The van der Waals surface area contributed by atoms with Crippen molar-refractivity contribution in [2.45, 2.75) is 71.6 Å². The minimum Gasteiger partial charge on any atom is -0.481 e. The SMILES string of the molecule is CC1(C)CCC(CC2CC3CCC2C3)(C(=O)O)CC1. The Morgan fingerprint density at radius 1 is 1.11 bits per heavy atom. The van der Waals surface area contributed by atoms with Gasteiger partial charge in [0.05, 0.1) is 5.41 Å². The monoisotopic (exact) mass is 264 g/mol. The predicted molar refractivity (Wildman–Crippen MR) is 75.9 cm³/mol. The van der Waals surface area contributed by atoms with Crippen molar-refractivity contribution >= 4 is 5.97 Å². The maximum atomic E-state index is 11.9. The van der Waals surface area contributed by atoms with Crippen LogP contribution in [0.1, 0.15) is 71.6 Å². The molecule has 0 radical (unpaired) electrons. The highest BCUT2D eigenvalue weighted by molar-refractivity contribution is 5.74. The van der Waals surface area contributed by atoms with E-state index in [9.17, 15) is 9.90 Å². The van der Waals surface area contributed by atoms with Crippen molar-refractivity contribution in [2.75, 3.05) is 0 Å². The molecule has 0 aromatic carbocycles. The number of carboxylic acid groups (broad SMARTS) is 1. The van der Waals surface area contributed by atoms with Gasteiger partial charge in [-0.3, -0.25) is 4.79 Å². The van der Waals surface area contributed by atoms with Gasteiger partial charge in [0, 0.05) is 0 Å². The molecule has 108 valence electrons. The molecule has 0 spiro atoms. The predicted octanol–water partition coefficient (Wildman–Crippen LogP) is 4.48. The summed E-state index contributed by atoms with van der Waals surface area (Å²) in [6.45, 7) is 4.58. The normalized spacial score (nSPS) is 39.4. The molecule has 0 saturated heterocycles. The fraction of sp³-hybridized carbons (Fsp3) is 0.941. The number of hydrogen-bond donors (Lipinski definition) is 1. The van der Waals surface area contributed by atoms with E-state index in [0.717, 1.165) is 49.9 Å². The molecule has 3 rings (SSSR count). The third-order valence-corrected chi connectivity index (χ3v) is 6.55. The number of carbonyl (C=O) groups is 1. The van der Waals surface area contributed by atoms with E-state index in [0.29, 0.717) is 5.41 Å². The van der Waals surface area contributed by atoms with Gasteiger partial charge in [-0.1, -0.05) is 20.3 Å². The third kappa shape index (κ3) is 2.43. The van der Waals surface area contributed by atoms with Crippen LogP contribution in [-0.2, 0) is 4.79 Å². The van der Waals surface area contributed by atoms with E-state index in [1.807, 2.05) is 0 Å². The minimum absolute atomic E-state index is 0.355. The molecule has 0 heterocycles. The Morgan fingerprint density at radius 3 is 2.26 bits per heavy atom. The molecular formula is C17H28O2. The summed E-state index contributed by atoms with van der Waals surface area (Å²) in [6, 6.07) is 0. The number of carboxylic acids is 1. The zero-order valence-electron chi connectivity index (χ0n) is 12.5. The van der Waals surface area contributed by atoms with E-state index < -0.39 is 5.97 Å². The smallest absolute Gasteiger partial charge is 0.309 e. The molecule has 3 aliphatic rings. The first-order chi connectivity index (χ1) is 8.90. The molecule has 3 unspecified atom stereocenters. The maximum absolute atomic E-state index is 11.9. The van der Waals surface area contributed by atoms with Crippen molar-refractivity contribution in [1.82, 2.24) is 0 Å². The van der Waals surface area contributed by atoms with Crippen molar-refractivity contribution < 1.29 is 9.90 Å². The van der Waals surface area contributed by atoms with Crippen LogP contribution in [0.5, 0.6) is 0 Å². The highest BCUT2D eigenvalue weighted by Gasteiger charge is 2.49. The fourth-order valence-corrected chi connectivity index (χ4v) is 5.04. The molecule has 19 heavy (non-hydrogen) atoms. The number of rotatable bonds is 3. The highest BCUT2D eigenvalue weighted by atomic mass is 16.4. The molecule has 3 fully saturated rings. The van der Waals surface area contributed by atoms with E-state index >= 15 is 0 Å². The Bertz CT molecular complexity index is 361. The lowest BCUT2D eigenvalue weighted by Crippen LogP contribution is -2.40. The molecular weight excluding hydrogens is 236 g/mol. The fourth-order valence-electron chi connectivity index (χ4n) is 5.04. The second-order valence-electron chi connectivity index (χ2n) is 8.39. The van der Waals surface area contributed by atoms with Gasteiger partial charge in [-0.15, -0.1) is 0 Å². The second-order valence-corrected chi connectivity index (χ2v) is 8.39. The Labute approximate surface area is 117 Å². The van der Waals surface area contributed by atoms with Gasteiger partial charge in [-0.2, -0.15) is 0 Å². The first-order valence-corrected chi connectivity index (χ1v) is 8.14. The maximum Gasteiger partial charge on any atom is 0.309 e. The van der Waals surface area contributed by atoms with Crippen LogP contribution < -0.4 is 0 Å². The summed E-state index contributed by atoms with van der Waals surface area (Å²) in [6.07, 6.45) is 10.5. The van der Waals surface area contributed by atoms with Gasteiger partial charge < -0.3 is 5.11 Å². The van der Waals surface area contributed by atoms with Gasteiger partial charge in [0.2, 0.25) is 0 Å². The summed E-state index contributed by atoms with van der Waals surface area (Å²) in [7, 11) is 0. The van der Waals surface area contributed by atoms with Crippen molar-refractivity contribution in [3.05, 3.63) is 0 Å². The lowest BCUT2D eigenvalue weighted by molar-refractivity contribution is -0.154. The van der Waals surface area contributed by atoms with Crippen LogP contribution in [0.3, 0.4) is 0 Å². The molecule has 3 atom stereocenters. The molecule has 0 amide bonds. The zero-order chi connectivity index (χ0) is 13.7. The highest BCUT2D eigenvalue weighted by Crippen LogP contribution is 2.55. The van der Waals surface area contributed by atoms with Gasteiger partial charge in [0.25, 0.3) is 0 Å². The molecule has 0 aromatic rings. The summed E-state index contributed by atoms with van der Waals surface area (Å²) in [4.78, 5) is 11.9. The largest absolute Gasteiger partial charge is 0.481 e. The molecule has 0 aromatic heterocycles. The van der Waals surface area contributed by atoms with Gasteiger partial charge >= 0.3 is 5.97 Å². The molecule has 3 aliphatic carbocycles. The van der Waals surface area contributed by atoms with Crippen LogP contribution in [-0.4, -0.2) is 11.1 Å². The quantitative estimate of drug-likeness (QED) is 0.815. The van der Waals surface area contributed by atoms with E-state index in [2.05, 4.69) is 13.8 Å². The van der Waals surface area contributed by atoms with Crippen LogP contribution in [0, 0.1) is 28.6 Å². The summed E-state index contributed by atoms with van der Waals surface area (Å²) < 4.78 is 0. The standard InChI is InChI=1S/C17H28O2/c1-16(2)5-7-17(8-6-16,15(18)19)11-14-10-12-3-4-13(14)9-12/h12-14H,3-11H2,1-2H3,(H,18,19). The van der Waals surface area contributed by atoms with Crippen LogP contribution in [0.2, 0.25) is 0 Å². The average molecular weight is 264 g/mol. The summed E-state index contributed by atoms with van der Waals surface area (Å²) >= 11 is 0. The Morgan fingerprint density at radius 2 is 1.79 bits per heavy atom. The van der Waals surface area contributed by atoms with Crippen molar-refractivity contribution in [3.63, 3.8) is 0 Å². The summed E-state index contributed by atoms with van der Waals surface area (Å²) in [5.74, 6) is 2.00. The minimum atomic E-state index is -0.509. The van der Waals surface area contributed by atoms with Crippen molar-refractivity contribution in [3.8, 4) is 0 Å². The molecule has 1 N–H and O–H groups in total. The van der Waals surface area contributed by atoms with E-state index in [-0.39, 0.29) is 5.41 Å². The second kappa shape index (κ2) is 4.49. The van der Waals surface area contributed by atoms with Gasteiger partial charge in [0.1, 0.15) is 0 Å². The Balaban J connectivity index is 1.70. The lowest BCUT2D eigenvalue weighted by Gasteiger charge is -2.43. The van der Waals surface area contributed by atoms with E-state index in [1.165, 1.54) is 25.7 Å². The molecule has 0 aliphatic heterocycles. The van der Waals surface area contributed by atoms with Gasteiger partial charge in [-0.05, 0) is 74.5 Å². The summed E-state index contributed by atoms with van der Waals surface area (Å²) in [5, 5.41) is 9.79. The average Bonchev–Trinajstić information content (AvgIpc) is 2.94. The van der Waals surface area contributed by atoms with Gasteiger partial charge in [0.15, 0.2) is 0 Å². The lowest BCUT2D eigenvalue weighted by atomic mass is 9.61. The summed E-state index contributed by atoms with van der Waals surface area (Å²) in [5.41, 5.74) is -0.0295. The Kier molecular flexibility index (Phi) is 3.18. The van der Waals surface area contributed by atoms with Crippen molar-refractivity contribution in [2.24, 2.45) is 28.6 Å². The first kappa shape index (κ1) is 13.5. The van der Waals surface area contributed by atoms with Crippen LogP contribution in [0.15, 0.2) is 0 Å². The van der Waals surface area contributed by atoms with Gasteiger partial charge in [-0.25, -0.2) is 0 Å². The molecule has 2 bridgehead atoms. The van der Waals surface area contributed by atoms with E-state index in [4.69, 9.17) is 0 Å². The molecule has 2 nitrogen and oxygen atoms in total. The van der Waals surface area contributed by atoms with E-state index in [1.54, 1.807) is 0 Å². The third-order valence-electron chi connectivity index (χ3n) is 6.55. The Hall–Kier alpha value is -0.530. The van der Waals surface area contributed by atoms with Crippen LogP contribution in [0.4, 0.5) is 0 Å². The zero-order valence-corrected chi connectivity index (χ0v) is 12.5. The number of fused-ring (bicyclic) bond motifs is 2. The number of hydrogen-bond acceptors (Lipinski definition) is 1. The van der Waals surface area contributed by atoms with Crippen molar-refractivity contribution in [1.29, 1.82) is 0 Å². The molecule has 3 saturated carbocycles.